The predicted octanol–water partition coefficient (Wildman–Crippen LogP) is 13.5. The summed E-state index contributed by atoms with van der Waals surface area (Å²) < 4.78 is 36.3. The number of ketones is 1. The van der Waals surface area contributed by atoms with E-state index in [9.17, 15) is 38.4 Å². The van der Waals surface area contributed by atoms with Gasteiger partial charge >= 0.3 is 22.8 Å². The highest BCUT2D eigenvalue weighted by Crippen LogP contribution is 2.54. The van der Waals surface area contributed by atoms with E-state index < -0.39 is 0 Å². The molecule has 5 fully saturated rings. The van der Waals surface area contributed by atoms with Crippen LogP contribution in [-0.4, -0.2) is 147 Å². The van der Waals surface area contributed by atoms with Gasteiger partial charge in [-0.3, -0.25) is 55.7 Å². The van der Waals surface area contributed by atoms with Gasteiger partial charge in [0, 0.05) is 68.2 Å². The zero-order valence-corrected chi connectivity index (χ0v) is 78.0. The highest BCUT2D eigenvalue weighted by molar-refractivity contribution is 5.96. The van der Waals surface area contributed by atoms with E-state index in [1.54, 1.807) is 81.6 Å². The minimum Gasteiger partial charge on any atom is -0.457 e. The molecule has 3 aliphatic carbocycles. The quantitative estimate of drug-likeness (QED) is 0.0371. The van der Waals surface area contributed by atoms with Gasteiger partial charge in [0.05, 0.1) is 35.0 Å². The largest absolute Gasteiger partial charge is 0.457 e. The molecule has 1 atom stereocenters. The van der Waals surface area contributed by atoms with Gasteiger partial charge in [-0.1, -0.05) is 96.5 Å². The fourth-order valence-electron chi connectivity index (χ4n) is 19.3. The number of rotatable bonds is 19. The first-order valence-corrected chi connectivity index (χ1v) is 46.4. The molecule has 714 valence electrons. The number of fused-ring (bicyclic) bond motifs is 4. The number of Topliss-reactive ketones (excluding diaryl/α,β-unsaturated/α-hetero) is 1. The number of carbonyl (C=O) groups is 4. The third kappa shape index (κ3) is 19.9. The van der Waals surface area contributed by atoms with E-state index in [1.165, 1.54) is 36.1 Å². The van der Waals surface area contributed by atoms with Gasteiger partial charge < -0.3 is 57.0 Å². The molecule has 36 heteroatoms. The third-order valence-corrected chi connectivity index (χ3v) is 25.8. The average Bonchev–Trinajstić information content (AvgIpc) is 1.32. The SMILES string of the molecule is CC#CC(=O)CC1CCC(n2c(=O)n(-c3ccc(Oc4ccccc4)cc3)c3c(N)ncnc32)CC1.CC#CC(=O)N1CC2(CC(n3c(=O)n(-c4ccc(Oc5ccccc5)cc4)c4c(N)ncnc43)C2)C1.CC#CC(=O)N1CC[C@@H](n2c(=O)n(-c3ccc(Oc4ccccc4)nc3)c3c(N)ncnc32)C1.CC#CC(=O)NC1CCC(n2c(=O)n(-c3ccc(Oc4ccccc4)cc3)c3c(N)ncnc32)CC1. The van der Waals surface area contributed by atoms with E-state index in [4.69, 9.17) is 41.9 Å². The van der Waals surface area contributed by atoms with Gasteiger partial charge in [-0.15, -0.1) is 0 Å². The second-order valence-corrected chi connectivity index (χ2v) is 34.9. The van der Waals surface area contributed by atoms with Crippen LogP contribution in [0.4, 0.5) is 23.3 Å². The van der Waals surface area contributed by atoms with Crippen LogP contribution in [0.2, 0.25) is 0 Å². The lowest BCUT2D eigenvalue weighted by Gasteiger charge is -2.58. The summed E-state index contributed by atoms with van der Waals surface area (Å²) in [6.07, 6.45) is 15.9. The van der Waals surface area contributed by atoms with Crippen LogP contribution in [0.15, 0.2) is 257 Å². The van der Waals surface area contributed by atoms with Gasteiger partial charge in [0.25, 0.3) is 17.7 Å². The number of amides is 3. The minimum atomic E-state index is -0.332. The van der Waals surface area contributed by atoms with Crippen molar-refractivity contribution in [2.45, 2.75) is 135 Å². The Bertz CT molecular complexity index is 7710. The summed E-state index contributed by atoms with van der Waals surface area (Å²) in [6.45, 7) is 8.79. The topological polar surface area (TPSA) is 452 Å². The molecular weight excluding hydrogens is 1800 g/mol. The molecule has 0 radical (unpaired) electrons. The van der Waals surface area contributed by atoms with Crippen LogP contribution in [-0.2, 0) is 19.2 Å². The maximum absolute atomic E-state index is 13.8. The Hall–Kier alpha value is -18.2. The van der Waals surface area contributed by atoms with Crippen molar-refractivity contribution in [3.8, 4) is 116 Å². The first-order chi connectivity index (χ1) is 69.1. The molecule has 5 aliphatic rings. The molecule has 9 N–H and O–H groups in total. The molecule has 3 amide bonds. The zero-order valence-electron chi connectivity index (χ0n) is 78.0. The molecule has 9 aromatic heterocycles. The molecule has 1 spiro atoms. The Balaban J connectivity index is 0.000000125. The van der Waals surface area contributed by atoms with Crippen LogP contribution < -0.4 is 70.0 Å². The van der Waals surface area contributed by atoms with Gasteiger partial charge in [0.2, 0.25) is 11.7 Å². The van der Waals surface area contributed by atoms with Crippen LogP contribution in [0.5, 0.6) is 46.1 Å². The van der Waals surface area contributed by atoms with Crippen molar-refractivity contribution in [3.05, 3.63) is 280 Å². The number of anilines is 4. The molecule has 0 bridgehead atoms. The van der Waals surface area contributed by atoms with E-state index in [-0.39, 0.29) is 111 Å². The molecule has 7 aromatic carbocycles. The molecule has 11 heterocycles. The van der Waals surface area contributed by atoms with Crippen molar-refractivity contribution >= 4 is 91.4 Å². The van der Waals surface area contributed by atoms with E-state index in [2.05, 4.69) is 97.5 Å². The molecule has 3 saturated carbocycles. The summed E-state index contributed by atoms with van der Waals surface area (Å²) in [6, 6.07) is 62.7. The summed E-state index contributed by atoms with van der Waals surface area (Å²) >= 11 is 0. The molecular formula is C106H98N24O12. The van der Waals surface area contributed by atoms with Crippen molar-refractivity contribution in [2.24, 2.45) is 11.3 Å². The number of imidazole rings is 4. The van der Waals surface area contributed by atoms with Crippen molar-refractivity contribution in [3.63, 3.8) is 0 Å². The summed E-state index contributed by atoms with van der Waals surface area (Å²) in [5.74, 6) is 26.6. The van der Waals surface area contributed by atoms with Gasteiger partial charge in [-0.25, -0.2) is 64.0 Å². The second kappa shape index (κ2) is 41.8. The summed E-state index contributed by atoms with van der Waals surface area (Å²) in [5, 5.41) is 2.94. The number of likely N-dealkylation sites (tertiary alicyclic amines) is 2. The number of nitrogens with two attached hydrogens (primary N) is 4. The molecule has 36 nitrogen and oxygen atoms in total. The number of para-hydroxylation sites is 4. The lowest BCUT2D eigenvalue weighted by atomic mass is 9.60. The normalized spacial score (nSPS) is 16.5. The van der Waals surface area contributed by atoms with Gasteiger partial charge in [0.1, 0.15) is 87.6 Å². The molecule has 0 unspecified atom stereocenters. The zero-order chi connectivity index (χ0) is 98.7. The van der Waals surface area contributed by atoms with Gasteiger partial charge in [-0.2, -0.15) is 0 Å². The monoisotopic (exact) mass is 1900 g/mol. The maximum Gasteiger partial charge on any atom is 0.335 e. The van der Waals surface area contributed by atoms with Crippen LogP contribution in [0.25, 0.3) is 67.4 Å². The number of ether oxygens (including phenoxy) is 4. The van der Waals surface area contributed by atoms with Crippen molar-refractivity contribution in [2.75, 3.05) is 49.1 Å². The lowest BCUT2D eigenvalue weighted by Crippen LogP contribution is -2.64. The highest BCUT2D eigenvalue weighted by atomic mass is 16.5. The Morgan fingerprint density at radius 2 is 0.697 bits per heavy atom. The minimum absolute atomic E-state index is 0.0186. The van der Waals surface area contributed by atoms with Crippen molar-refractivity contribution < 1.29 is 38.1 Å². The summed E-state index contributed by atoms with van der Waals surface area (Å²) in [7, 11) is 0. The number of nitrogen functional groups attached to an aromatic ring is 4. The fourth-order valence-corrected chi connectivity index (χ4v) is 19.3. The molecule has 142 heavy (non-hydrogen) atoms. The van der Waals surface area contributed by atoms with Crippen molar-refractivity contribution in [1.82, 2.24) is 96.5 Å². The first kappa shape index (κ1) is 94.2. The smallest absolute Gasteiger partial charge is 0.335 e. The first-order valence-electron chi connectivity index (χ1n) is 46.4. The van der Waals surface area contributed by atoms with Gasteiger partial charge in [-0.05, 0) is 255 Å². The van der Waals surface area contributed by atoms with E-state index in [0.717, 1.165) is 81.5 Å². The fraction of sp³-hybridized carbons (Fsp3) is 0.255. The highest BCUT2D eigenvalue weighted by Gasteiger charge is 2.55. The van der Waals surface area contributed by atoms with Crippen LogP contribution in [0.3, 0.4) is 0 Å². The van der Waals surface area contributed by atoms with Gasteiger partial charge in [0.15, 0.2) is 45.9 Å². The average molecular weight is 1900 g/mol. The van der Waals surface area contributed by atoms with Crippen LogP contribution in [0.1, 0.15) is 129 Å². The predicted molar refractivity (Wildman–Crippen MR) is 535 cm³/mol. The Kier molecular flexibility index (Phi) is 27.7. The number of pyridine rings is 1. The molecule has 2 saturated heterocycles. The van der Waals surface area contributed by atoms with Crippen LogP contribution in [0, 0.1) is 58.7 Å². The van der Waals surface area contributed by atoms with E-state index in [1.807, 2.05) is 194 Å². The Morgan fingerprint density at radius 1 is 0.359 bits per heavy atom. The number of nitrogens with one attached hydrogen (secondary N) is 1. The third-order valence-electron chi connectivity index (χ3n) is 25.8. The lowest BCUT2D eigenvalue weighted by molar-refractivity contribution is -0.147. The van der Waals surface area contributed by atoms with E-state index >= 15 is 0 Å². The van der Waals surface area contributed by atoms with E-state index in [0.29, 0.717) is 135 Å². The standard InChI is InChI=1S/C28H27N5O3.C27H24N6O3.C27H26N6O3.C24H21N7O3/c1-2-6-22(34)17-19-9-11-21(12-10-19)33-27-25(26(29)30-18-31-27)32(28(33)35)20-13-15-24(16-14-20)36-23-7-4-3-5-8-23;1-2-6-22(34)31-15-27(16-31)13-19(14-27)33-25-23(24(28)29-17-30-25)32(26(33)35)18-9-11-21(12-10-18)36-20-7-4-3-5-8-20;1-2-6-23(34)31-18-9-11-20(12-10-18)33-26-24(25(28)29-17-30-26)32(27(33)35)19-13-15-22(16-14-19)36-21-7-4-3-5-8-21;1-2-6-20(32)29-12-11-17(14-29)31-23-21(22(25)27-15-28-23)30(24(31)33)16-9-10-19(26-13-16)34-18-7-4-3-5-8-18/h3-5,7-8,13-16,18-19,21H,9-12,17H2,1H3,(H2,29,30,31);3-5,7-12,17,19H,13-16H2,1H3,(H2,28,29,30);3-5,7-8,13-18,20H,9-12H2,1H3,(H,31,34)(H2,28,29,30);3-5,7-10,13,15,17H,11-12,14H2,1H3,(H2,25,27,28)/t;;;17-/m...1/s1. The summed E-state index contributed by atoms with van der Waals surface area (Å²) in [5.41, 5.74) is 30.2. The number of nitrogens with zero attached hydrogens (tertiary/aromatic N) is 19. The molecule has 2 aliphatic heterocycles. The van der Waals surface area contributed by atoms with Crippen molar-refractivity contribution in [1.29, 1.82) is 0 Å². The maximum atomic E-state index is 13.8. The van der Waals surface area contributed by atoms with Crippen LogP contribution >= 0.6 is 0 Å². The molecule has 21 rings (SSSR count). The number of aromatic nitrogens is 17. The number of hydrogen-bond acceptors (Lipinski definition) is 25. The Labute approximate surface area is 813 Å². The second-order valence-electron chi connectivity index (χ2n) is 34.9. The number of carbonyl (C=O) groups excluding carboxylic acids is 4. The molecule has 16 aromatic rings. The number of benzene rings is 7. The number of hydrogen-bond donors (Lipinski definition) is 5. The summed E-state index contributed by atoms with van der Waals surface area (Å²) in [4.78, 5) is 145. The Morgan fingerprint density at radius 3 is 1.07 bits per heavy atom.